The molecule has 1 aromatic rings. The van der Waals surface area contributed by atoms with Gasteiger partial charge in [0.15, 0.2) is 0 Å². The van der Waals surface area contributed by atoms with Crippen molar-refractivity contribution in [3.05, 3.63) is 48.6 Å². The highest BCUT2D eigenvalue weighted by Crippen LogP contribution is 2.11. The summed E-state index contributed by atoms with van der Waals surface area (Å²) in [6, 6.07) is 9.69. The van der Waals surface area contributed by atoms with Gasteiger partial charge >= 0.3 is 5.97 Å². The Kier molecular flexibility index (Phi) is 5.34. The van der Waals surface area contributed by atoms with E-state index in [1.165, 1.54) is 0 Å². The summed E-state index contributed by atoms with van der Waals surface area (Å²) in [6.45, 7) is 6.09. The summed E-state index contributed by atoms with van der Waals surface area (Å²) in [4.78, 5) is 11.5. The Balaban J connectivity index is 2.33. The molecule has 1 rings (SSSR count). The maximum absolute atomic E-state index is 11.5. The van der Waals surface area contributed by atoms with Gasteiger partial charge in [0.2, 0.25) is 0 Å². The van der Waals surface area contributed by atoms with E-state index in [1.54, 1.807) is 0 Å². The highest BCUT2D eigenvalue weighted by molar-refractivity contribution is 5.69. The number of allylic oxidation sites excluding steroid dienone is 1. The Morgan fingerprint density at radius 2 is 2.12 bits per heavy atom. The lowest BCUT2D eigenvalue weighted by Gasteiger charge is -2.09. The molecule has 0 aliphatic rings. The maximum Gasteiger partial charge on any atom is 0.306 e. The van der Waals surface area contributed by atoms with Gasteiger partial charge in [-0.25, -0.2) is 0 Å². The summed E-state index contributed by atoms with van der Waals surface area (Å²) < 4.78 is 5.18. The molecule has 0 N–H and O–H groups in total. The first-order valence-corrected chi connectivity index (χ1v) is 5.58. The molecule has 0 radical (unpaired) electrons. The molecule has 0 saturated carbocycles. The van der Waals surface area contributed by atoms with E-state index < -0.39 is 0 Å². The van der Waals surface area contributed by atoms with Crippen molar-refractivity contribution in [1.29, 1.82) is 0 Å². The molecule has 1 unspecified atom stereocenters. The molecule has 0 amide bonds. The lowest BCUT2D eigenvalue weighted by molar-refractivity contribution is -0.145. The number of ether oxygens (including phenoxy) is 1. The van der Waals surface area contributed by atoms with Crippen molar-refractivity contribution in [2.75, 3.05) is 0 Å². The van der Waals surface area contributed by atoms with Crippen LogP contribution in [0.4, 0.5) is 0 Å². The van der Waals surface area contributed by atoms with Crippen molar-refractivity contribution in [2.24, 2.45) is 5.92 Å². The van der Waals surface area contributed by atoms with Crippen molar-refractivity contribution in [3.63, 3.8) is 0 Å². The zero-order valence-electron chi connectivity index (χ0n) is 9.69. The summed E-state index contributed by atoms with van der Waals surface area (Å²) in [7, 11) is 0. The zero-order chi connectivity index (χ0) is 11.8. The van der Waals surface area contributed by atoms with Gasteiger partial charge in [0.1, 0.15) is 6.61 Å². The highest BCUT2D eigenvalue weighted by Gasteiger charge is 2.09. The summed E-state index contributed by atoms with van der Waals surface area (Å²) in [5.74, 6) is 0.0684. The third-order valence-electron chi connectivity index (χ3n) is 2.53. The Morgan fingerprint density at radius 1 is 1.44 bits per heavy atom. The SMILES string of the molecule is C=CC(CC)CC(=O)OCc1ccccc1. The number of hydrogen-bond donors (Lipinski definition) is 0. The maximum atomic E-state index is 11.5. The van der Waals surface area contributed by atoms with Gasteiger partial charge in [-0.15, -0.1) is 6.58 Å². The lowest BCUT2D eigenvalue weighted by Crippen LogP contribution is -2.09. The Bertz CT molecular complexity index is 330. The molecule has 1 atom stereocenters. The van der Waals surface area contributed by atoms with Crippen LogP contribution in [-0.4, -0.2) is 5.97 Å². The fourth-order valence-corrected chi connectivity index (χ4v) is 1.41. The number of rotatable bonds is 6. The Hall–Kier alpha value is -1.57. The van der Waals surface area contributed by atoms with Gasteiger partial charge < -0.3 is 4.74 Å². The molecule has 0 aliphatic carbocycles. The molecule has 0 aliphatic heterocycles. The number of hydrogen-bond acceptors (Lipinski definition) is 2. The van der Waals surface area contributed by atoms with E-state index in [4.69, 9.17) is 4.74 Å². The standard InChI is InChI=1S/C14H18O2/c1-3-12(4-2)10-14(15)16-11-13-8-6-5-7-9-13/h3,5-9,12H,1,4,10-11H2,2H3. The third-order valence-corrected chi connectivity index (χ3v) is 2.53. The smallest absolute Gasteiger partial charge is 0.306 e. The van der Waals surface area contributed by atoms with E-state index in [9.17, 15) is 4.79 Å². The average molecular weight is 218 g/mol. The Labute approximate surface area is 96.9 Å². The molecule has 2 nitrogen and oxygen atoms in total. The number of benzene rings is 1. The summed E-state index contributed by atoms with van der Waals surface area (Å²) in [6.07, 6.45) is 3.15. The molecule has 0 heterocycles. The molecule has 0 aromatic heterocycles. The van der Waals surface area contributed by atoms with Crippen LogP contribution in [-0.2, 0) is 16.1 Å². The van der Waals surface area contributed by atoms with Crippen LogP contribution in [0.1, 0.15) is 25.3 Å². The molecule has 0 fully saturated rings. The van der Waals surface area contributed by atoms with Gasteiger partial charge in [0.05, 0.1) is 6.42 Å². The minimum atomic E-state index is -0.157. The van der Waals surface area contributed by atoms with E-state index in [2.05, 4.69) is 6.58 Å². The van der Waals surface area contributed by atoms with Crippen molar-refractivity contribution < 1.29 is 9.53 Å². The molecule has 0 spiro atoms. The highest BCUT2D eigenvalue weighted by atomic mass is 16.5. The van der Waals surface area contributed by atoms with E-state index in [0.29, 0.717) is 13.0 Å². The number of esters is 1. The van der Waals surface area contributed by atoms with Crippen molar-refractivity contribution in [1.82, 2.24) is 0 Å². The van der Waals surface area contributed by atoms with E-state index in [1.807, 2.05) is 43.3 Å². The minimum Gasteiger partial charge on any atom is -0.461 e. The van der Waals surface area contributed by atoms with Crippen molar-refractivity contribution >= 4 is 5.97 Å². The van der Waals surface area contributed by atoms with Gasteiger partial charge in [-0.2, -0.15) is 0 Å². The second-order valence-corrected chi connectivity index (χ2v) is 3.75. The largest absolute Gasteiger partial charge is 0.461 e. The molecular formula is C14H18O2. The fourth-order valence-electron chi connectivity index (χ4n) is 1.41. The van der Waals surface area contributed by atoms with Crippen LogP contribution < -0.4 is 0 Å². The molecule has 2 heteroatoms. The van der Waals surface area contributed by atoms with Crippen molar-refractivity contribution in [3.8, 4) is 0 Å². The number of carbonyl (C=O) groups excluding carboxylic acids is 1. The summed E-state index contributed by atoms with van der Waals surface area (Å²) in [5, 5.41) is 0. The predicted molar refractivity (Wildman–Crippen MR) is 64.8 cm³/mol. The lowest BCUT2D eigenvalue weighted by atomic mass is 10.0. The van der Waals surface area contributed by atoms with E-state index >= 15 is 0 Å². The first-order chi connectivity index (χ1) is 7.76. The monoisotopic (exact) mass is 218 g/mol. The van der Waals surface area contributed by atoms with Gasteiger partial charge in [0, 0.05) is 0 Å². The normalized spacial score (nSPS) is 11.8. The van der Waals surface area contributed by atoms with Gasteiger partial charge in [-0.05, 0) is 17.9 Å². The molecular weight excluding hydrogens is 200 g/mol. The molecule has 16 heavy (non-hydrogen) atoms. The van der Waals surface area contributed by atoms with Crippen LogP contribution in [0.5, 0.6) is 0 Å². The number of carbonyl (C=O) groups is 1. The third kappa shape index (κ3) is 4.30. The van der Waals surface area contributed by atoms with Crippen LogP contribution in [0.15, 0.2) is 43.0 Å². The van der Waals surface area contributed by atoms with Crippen molar-refractivity contribution in [2.45, 2.75) is 26.4 Å². The quantitative estimate of drug-likeness (QED) is 0.540. The van der Waals surface area contributed by atoms with Crippen LogP contribution in [0.2, 0.25) is 0 Å². The van der Waals surface area contributed by atoms with Gasteiger partial charge in [-0.3, -0.25) is 4.79 Å². The van der Waals surface area contributed by atoms with E-state index in [0.717, 1.165) is 12.0 Å². The van der Waals surface area contributed by atoms with Gasteiger partial charge in [0.25, 0.3) is 0 Å². The average Bonchev–Trinajstić information content (AvgIpc) is 2.34. The zero-order valence-corrected chi connectivity index (χ0v) is 9.69. The molecule has 0 bridgehead atoms. The molecule has 1 aromatic carbocycles. The van der Waals surface area contributed by atoms with Gasteiger partial charge in [-0.1, -0.05) is 43.3 Å². The predicted octanol–water partition coefficient (Wildman–Crippen LogP) is 3.33. The second-order valence-electron chi connectivity index (χ2n) is 3.75. The van der Waals surface area contributed by atoms with Crippen LogP contribution in [0.3, 0.4) is 0 Å². The first-order valence-electron chi connectivity index (χ1n) is 5.58. The second kappa shape index (κ2) is 6.83. The molecule has 0 saturated heterocycles. The van der Waals surface area contributed by atoms with Crippen LogP contribution in [0.25, 0.3) is 0 Å². The molecule has 86 valence electrons. The fraction of sp³-hybridized carbons (Fsp3) is 0.357. The first kappa shape index (κ1) is 12.5. The topological polar surface area (TPSA) is 26.3 Å². The minimum absolute atomic E-state index is 0.157. The van der Waals surface area contributed by atoms with E-state index in [-0.39, 0.29) is 11.9 Å². The van der Waals surface area contributed by atoms with Crippen LogP contribution >= 0.6 is 0 Å². The summed E-state index contributed by atoms with van der Waals surface area (Å²) >= 11 is 0. The summed E-state index contributed by atoms with van der Waals surface area (Å²) in [5.41, 5.74) is 1.02. The Morgan fingerprint density at radius 3 is 2.69 bits per heavy atom. The van der Waals surface area contributed by atoms with Crippen LogP contribution in [0, 0.1) is 5.92 Å².